The van der Waals surface area contributed by atoms with Crippen LogP contribution in [0.2, 0.25) is 0 Å². The summed E-state index contributed by atoms with van der Waals surface area (Å²) >= 11 is 0. The summed E-state index contributed by atoms with van der Waals surface area (Å²) < 4.78 is 11.5. The molecule has 6 nitrogen and oxygen atoms in total. The number of cyclic esters (lactones) is 1. The fraction of sp³-hybridized carbons (Fsp3) is 0.391. The van der Waals surface area contributed by atoms with Crippen LogP contribution in [0.25, 0.3) is 0 Å². The van der Waals surface area contributed by atoms with Crippen LogP contribution in [0, 0.1) is 11.8 Å². The monoisotopic (exact) mass is 397 g/mol. The van der Waals surface area contributed by atoms with Gasteiger partial charge in [0.25, 0.3) is 0 Å². The summed E-state index contributed by atoms with van der Waals surface area (Å²) in [6.45, 7) is 2.26. The number of nitrogens with one attached hydrogen (secondary N) is 1. The van der Waals surface area contributed by atoms with Crippen molar-refractivity contribution >= 4 is 12.1 Å². The third-order valence-corrected chi connectivity index (χ3v) is 5.36. The molecule has 0 saturated carbocycles. The van der Waals surface area contributed by atoms with Crippen molar-refractivity contribution in [3.05, 3.63) is 71.8 Å². The average Bonchev–Trinajstić information content (AvgIpc) is 2.75. The van der Waals surface area contributed by atoms with Crippen molar-refractivity contribution in [2.24, 2.45) is 11.8 Å². The molecule has 0 radical (unpaired) electrons. The first kappa shape index (κ1) is 20.9. The van der Waals surface area contributed by atoms with Crippen LogP contribution in [0.5, 0.6) is 0 Å². The zero-order valence-corrected chi connectivity index (χ0v) is 16.5. The lowest BCUT2D eigenvalue weighted by Crippen LogP contribution is -2.45. The number of carbonyl (C=O) groups excluding carboxylic acids is 1. The second-order valence-electron chi connectivity index (χ2n) is 7.48. The van der Waals surface area contributed by atoms with Gasteiger partial charge in [-0.05, 0) is 36.8 Å². The Bertz CT molecular complexity index is 795. The Balaban J connectivity index is 1.84. The molecule has 0 aromatic heterocycles. The molecule has 2 unspecified atom stereocenters. The Morgan fingerprint density at radius 2 is 1.59 bits per heavy atom. The van der Waals surface area contributed by atoms with E-state index < -0.39 is 18.1 Å². The number of amides is 1. The summed E-state index contributed by atoms with van der Waals surface area (Å²) in [5.41, 5.74) is 2.36. The van der Waals surface area contributed by atoms with Crippen molar-refractivity contribution < 1.29 is 24.2 Å². The molecule has 1 heterocycles. The summed E-state index contributed by atoms with van der Waals surface area (Å²) in [7, 11) is 0. The smallest absolute Gasteiger partial charge is 0.405 e. The minimum absolute atomic E-state index is 0.0325. The van der Waals surface area contributed by atoms with Crippen LogP contribution in [0.15, 0.2) is 60.7 Å². The molecular formula is C23H27NO5. The van der Waals surface area contributed by atoms with Gasteiger partial charge in [-0.1, -0.05) is 60.7 Å². The zero-order chi connectivity index (χ0) is 20.6. The second-order valence-corrected chi connectivity index (χ2v) is 7.48. The highest BCUT2D eigenvalue weighted by atomic mass is 16.6. The van der Waals surface area contributed by atoms with E-state index in [0.29, 0.717) is 6.61 Å². The van der Waals surface area contributed by atoms with E-state index in [1.165, 1.54) is 5.56 Å². The van der Waals surface area contributed by atoms with Crippen LogP contribution >= 0.6 is 0 Å². The van der Waals surface area contributed by atoms with Gasteiger partial charge in [0.1, 0.15) is 6.10 Å². The third-order valence-electron chi connectivity index (χ3n) is 5.36. The highest BCUT2D eigenvalue weighted by molar-refractivity contribution is 5.81. The number of ether oxygens (including phenoxy) is 2. The van der Waals surface area contributed by atoms with Crippen LogP contribution in [0.4, 0.5) is 4.79 Å². The van der Waals surface area contributed by atoms with E-state index in [4.69, 9.17) is 14.6 Å². The van der Waals surface area contributed by atoms with Gasteiger partial charge < -0.3 is 19.9 Å². The fourth-order valence-corrected chi connectivity index (χ4v) is 3.86. The third kappa shape index (κ3) is 6.06. The van der Waals surface area contributed by atoms with Gasteiger partial charge in [0, 0.05) is 5.92 Å². The minimum atomic E-state index is -1.27. The largest absolute Gasteiger partial charge is 0.465 e. The van der Waals surface area contributed by atoms with Crippen LogP contribution in [0.1, 0.15) is 18.1 Å². The van der Waals surface area contributed by atoms with Crippen molar-refractivity contribution in [2.45, 2.75) is 31.9 Å². The lowest BCUT2D eigenvalue weighted by atomic mass is 9.80. The van der Waals surface area contributed by atoms with E-state index in [2.05, 4.69) is 29.6 Å². The molecule has 2 aromatic carbocycles. The van der Waals surface area contributed by atoms with E-state index in [1.54, 1.807) is 0 Å². The van der Waals surface area contributed by atoms with Gasteiger partial charge in [0.15, 0.2) is 6.04 Å². The number of hydrogen-bond acceptors (Lipinski definition) is 4. The standard InChI is InChI=1S/C23H27NO5/c1-16-20(13-18-10-6-3-7-11-18)19(12-17-8-4-2-5-9-17)14-28-15-21(22(25)29-16)24-23(26)27/h2-11,16,19-21,24H,12-15H2,1H3,(H,26,27)/t16-,19?,20-,21?/m0/s1. The summed E-state index contributed by atoms with van der Waals surface area (Å²) in [6, 6.07) is 19.2. The molecule has 29 heavy (non-hydrogen) atoms. The maximum absolute atomic E-state index is 12.5. The maximum Gasteiger partial charge on any atom is 0.405 e. The molecule has 4 atom stereocenters. The summed E-state index contributed by atoms with van der Waals surface area (Å²) in [6.07, 6.45) is -0.120. The minimum Gasteiger partial charge on any atom is -0.465 e. The SMILES string of the molecule is C[C@@H]1OC(=O)C(NC(=O)O)COCC(Cc2ccccc2)[C@H]1Cc1ccccc1. The molecular weight excluding hydrogens is 370 g/mol. The molecule has 0 spiro atoms. The predicted molar refractivity (Wildman–Crippen MR) is 109 cm³/mol. The first-order chi connectivity index (χ1) is 14.0. The molecule has 1 aliphatic heterocycles. The van der Waals surface area contributed by atoms with Gasteiger partial charge in [-0.2, -0.15) is 0 Å². The Morgan fingerprint density at radius 1 is 1.00 bits per heavy atom. The first-order valence-electron chi connectivity index (χ1n) is 9.88. The van der Waals surface area contributed by atoms with Crippen molar-refractivity contribution in [1.82, 2.24) is 5.32 Å². The highest BCUT2D eigenvalue weighted by Crippen LogP contribution is 2.28. The van der Waals surface area contributed by atoms with Gasteiger partial charge in [-0.15, -0.1) is 0 Å². The first-order valence-corrected chi connectivity index (χ1v) is 9.88. The average molecular weight is 397 g/mol. The van der Waals surface area contributed by atoms with E-state index in [9.17, 15) is 9.59 Å². The number of benzene rings is 2. The molecule has 154 valence electrons. The Morgan fingerprint density at radius 3 is 2.17 bits per heavy atom. The summed E-state index contributed by atoms with van der Waals surface area (Å²) in [5.74, 6) is -0.451. The molecule has 2 N–H and O–H groups in total. The van der Waals surface area contributed by atoms with E-state index in [1.807, 2.05) is 43.3 Å². The van der Waals surface area contributed by atoms with Crippen LogP contribution < -0.4 is 5.32 Å². The lowest BCUT2D eigenvalue weighted by Gasteiger charge is -2.31. The topological polar surface area (TPSA) is 84.9 Å². The van der Waals surface area contributed by atoms with Gasteiger partial charge in [-0.25, -0.2) is 9.59 Å². The zero-order valence-electron chi connectivity index (χ0n) is 16.5. The van der Waals surface area contributed by atoms with Gasteiger partial charge in [0.05, 0.1) is 13.2 Å². The van der Waals surface area contributed by atoms with Crippen LogP contribution in [-0.4, -0.2) is 42.5 Å². The van der Waals surface area contributed by atoms with Gasteiger partial charge in [0.2, 0.25) is 0 Å². The molecule has 1 fully saturated rings. The number of hydrogen-bond donors (Lipinski definition) is 2. The Labute approximate surface area is 170 Å². The molecule has 1 aliphatic rings. The predicted octanol–water partition coefficient (Wildman–Crippen LogP) is 3.30. The van der Waals surface area contributed by atoms with Crippen LogP contribution in [-0.2, 0) is 27.1 Å². The van der Waals surface area contributed by atoms with Crippen molar-refractivity contribution in [3.8, 4) is 0 Å². The van der Waals surface area contributed by atoms with Gasteiger partial charge in [-0.3, -0.25) is 0 Å². The van der Waals surface area contributed by atoms with Crippen molar-refractivity contribution in [1.29, 1.82) is 0 Å². The van der Waals surface area contributed by atoms with Gasteiger partial charge >= 0.3 is 12.1 Å². The molecule has 3 rings (SSSR count). The number of carbonyl (C=O) groups is 2. The van der Waals surface area contributed by atoms with E-state index in [-0.39, 0.29) is 24.5 Å². The van der Waals surface area contributed by atoms with Crippen molar-refractivity contribution in [2.75, 3.05) is 13.2 Å². The highest BCUT2D eigenvalue weighted by Gasteiger charge is 2.34. The second kappa shape index (κ2) is 10.1. The quantitative estimate of drug-likeness (QED) is 0.756. The molecule has 1 amide bonds. The molecule has 6 heteroatoms. The molecule has 2 aromatic rings. The molecule has 0 bridgehead atoms. The van der Waals surface area contributed by atoms with Crippen LogP contribution in [0.3, 0.4) is 0 Å². The Kier molecular flexibility index (Phi) is 7.25. The summed E-state index contributed by atoms with van der Waals surface area (Å²) in [5, 5.41) is 11.2. The number of esters is 1. The number of rotatable bonds is 5. The van der Waals surface area contributed by atoms with E-state index in [0.717, 1.165) is 18.4 Å². The summed E-state index contributed by atoms with van der Waals surface area (Å²) in [4.78, 5) is 23.5. The lowest BCUT2D eigenvalue weighted by molar-refractivity contribution is -0.153. The molecule has 0 aliphatic carbocycles. The number of carboxylic acid groups (broad SMARTS) is 1. The van der Waals surface area contributed by atoms with Crippen molar-refractivity contribution in [3.63, 3.8) is 0 Å². The van der Waals surface area contributed by atoms with E-state index >= 15 is 0 Å². The normalized spacial score (nSPS) is 25.2. The molecule has 1 saturated heterocycles. The maximum atomic E-state index is 12.5. The fourth-order valence-electron chi connectivity index (χ4n) is 3.86. The Hall–Kier alpha value is -2.86.